The van der Waals surface area contributed by atoms with Gasteiger partial charge in [-0.15, -0.1) is 12.4 Å². The van der Waals surface area contributed by atoms with Gasteiger partial charge >= 0.3 is 12.1 Å². The van der Waals surface area contributed by atoms with Crippen LogP contribution in [0, 0.1) is 0 Å². The van der Waals surface area contributed by atoms with Crippen molar-refractivity contribution >= 4 is 30.0 Å². The maximum absolute atomic E-state index is 13.9. The Kier molecular flexibility index (Phi) is 8.27. The molecule has 3 aromatic carbocycles. The summed E-state index contributed by atoms with van der Waals surface area (Å²) in [5.41, 5.74) is 6.95. The van der Waals surface area contributed by atoms with Crippen LogP contribution in [0.4, 0.5) is 18.9 Å². The Morgan fingerprint density at radius 3 is 2.39 bits per heavy atom. The average Bonchev–Trinajstić information content (AvgIpc) is 3.14. The monoisotopic (exact) mass is 520 g/mol. The summed E-state index contributed by atoms with van der Waals surface area (Å²) in [4.78, 5) is 23.9. The number of nitrogens with one attached hydrogen (secondary N) is 1. The summed E-state index contributed by atoms with van der Waals surface area (Å²) in [6.07, 6.45) is -4.47. The molecule has 36 heavy (non-hydrogen) atoms. The standard InChI is InChI=1S/C26H23F3N2O4.ClH/c1-34-25(33)22(30)12-15-6-9-17(10-7-15)35-18-11-8-16(21(14-18)26(27,28)29)13-20-19-4-2-3-5-23(19)31-24(20)32;/h2-11,14,20,22H,12-13,30H2,1H3,(H,31,32);1H/t20?,22-;/m1./s1. The fourth-order valence-electron chi connectivity index (χ4n) is 4.08. The molecule has 6 nitrogen and oxygen atoms in total. The molecule has 0 fully saturated rings. The molecule has 1 unspecified atom stereocenters. The maximum Gasteiger partial charge on any atom is 0.416 e. The lowest BCUT2D eigenvalue weighted by Gasteiger charge is -2.17. The highest BCUT2D eigenvalue weighted by atomic mass is 35.5. The molecule has 0 saturated carbocycles. The highest BCUT2D eigenvalue weighted by Crippen LogP contribution is 2.40. The van der Waals surface area contributed by atoms with Crippen molar-refractivity contribution in [3.8, 4) is 11.5 Å². The Bertz CT molecular complexity index is 1250. The van der Waals surface area contributed by atoms with E-state index in [1.54, 1.807) is 48.5 Å². The van der Waals surface area contributed by atoms with Crippen LogP contribution in [0.1, 0.15) is 28.2 Å². The van der Waals surface area contributed by atoms with E-state index in [9.17, 15) is 22.8 Å². The summed E-state index contributed by atoms with van der Waals surface area (Å²) in [6, 6.07) is 16.4. The third-order valence-corrected chi connectivity index (χ3v) is 5.84. The van der Waals surface area contributed by atoms with Gasteiger partial charge in [-0.3, -0.25) is 9.59 Å². The third kappa shape index (κ3) is 5.98. The first-order valence-electron chi connectivity index (χ1n) is 10.9. The number of hydrogen-bond acceptors (Lipinski definition) is 5. The van der Waals surface area contributed by atoms with Crippen LogP contribution in [-0.4, -0.2) is 25.0 Å². The van der Waals surface area contributed by atoms with Crippen LogP contribution in [0.15, 0.2) is 66.7 Å². The first-order valence-corrected chi connectivity index (χ1v) is 10.9. The van der Waals surface area contributed by atoms with Crippen molar-refractivity contribution in [1.82, 2.24) is 0 Å². The van der Waals surface area contributed by atoms with Crippen molar-refractivity contribution in [3.63, 3.8) is 0 Å². The fourth-order valence-corrected chi connectivity index (χ4v) is 4.08. The Labute approximate surface area is 212 Å². The van der Waals surface area contributed by atoms with E-state index in [2.05, 4.69) is 10.1 Å². The van der Waals surface area contributed by atoms with Crippen LogP contribution in [0.2, 0.25) is 0 Å². The number of carbonyl (C=O) groups excluding carboxylic acids is 2. The van der Waals surface area contributed by atoms with Gasteiger partial charge in [-0.1, -0.05) is 36.4 Å². The van der Waals surface area contributed by atoms with Gasteiger partial charge in [0, 0.05) is 5.69 Å². The van der Waals surface area contributed by atoms with Gasteiger partial charge in [0.25, 0.3) is 0 Å². The number of ether oxygens (including phenoxy) is 2. The molecule has 0 spiro atoms. The van der Waals surface area contributed by atoms with E-state index in [4.69, 9.17) is 10.5 Å². The number of rotatable bonds is 7. The topological polar surface area (TPSA) is 90.7 Å². The van der Waals surface area contributed by atoms with Crippen LogP contribution in [0.3, 0.4) is 0 Å². The van der Waals surface area contributed by atoms with E-state index in [1.165, 1.54) is 19.2 Å². The van der Waals surface area contributed by atoms with Gasteiger partial charge in [0.15, 0.2) is 0 Å². The maximum atomic E-state index is 13.9. The normalized spacial score (nSPS) is 15.4. The molecular formula is C26H24ClF3N2O4. The lowest BCUT2D eigenvalue weighted by Crippen LogP contribution is -2.33. The first-order chi connectivity index (χ1) is 16.7. The SMILES string of the molecule is COC(=O)[C@H](N)Cc1ccc(Oc2ccc(CC3C(=O)Nc4ccccc43)c(C(F)(F)F)c2)cc1.Cl. The molecule has 10 heteroatoms. The first kappa shape index (κ1) is 27.0. The van der Waals surface area contributed by atoms with Crippen LogP contribution >= 0.6 is 12.4 Å². The summed E-state index contributed by atoms with van der Waals surface area (Å²) in [5, 5.41) is 2.72. The number of methoxy groups -OCH3 is 1. The van der Waals surface area contributed by atoms with E-state index in [0.29, 0.717) is 17.0 Å². The van der Waals surface area contributed by atoms with Gasteiger partial charge in [0.05, 0.1) is 18.6 Å². The smallest absolute Gasteiger partial charge is 0.416 e. The van der Waals surface area contributed by atoms with Crippen molar-refractivity contribution in [3.05, 3.63) is 89.0 Å². The zero-order valence-electron chi connectivity index (χ0n) is 19.2. The molecule has 3 aromatic rings. The number of alkyl halides is 3. The molecule has 1 heterocycles. The molecule has 3 N–H and O–H groups in total. The zero-order valence-corrected chi connectivity index (χ0v) is 20.0. The zero-order chi connectivity index (χ0) is 25.2. The summed E-state index contributed by atoms with van der Waals surface area (Å²) < 4.78 is 51.9. The predicted molar refractivity (Wildman–Crippen MR) is 130 cm³/mol. The molecule has 1 aliphatic rings. The summed E-state index contributed by atoms with van der Waals surface area (Å²) in [6.45, 7) is 0. The molecule has 2 atom stereocenters. The van der Waals surface area contributed by atoms with Gasteiger partial charge in [0.1, 0.15) is 17.5 Å². The van der Waals surface area contributed by atoms with Gasteiger partial charge in [-0.25, -0.2) is 0 Å². The summed E-state index contributed by atoms with van der Waals surface area (Å²) >= 11 is 0. The Morgan fingerprint density at radius 1 is 1.06 bits per heavy atom. The lowest BCUT2D eigenvalue weighted by molar-refractivity contribution is -0.142. The summed E-state index contributed by atoms with van der Waals surface area (Å²) in [7, 11) is 1.25. The van der Waals surface area contributed by atoms with Crippen molar-refractivity contribution in [2.45, 2.75) is 31.0 Å². The van der Waals surface area contributed by atoms with Crippen molar-refractivity contribution < 1.29 is 32.2 Å². The third-order valence-electron chi connectivity index (χ3n) is 5.84. The number of carbonyl (C=O) groups is 2. The Balaban J connectivity index is 0.00000361. The molecule has 0 aliphatic carbocycles. The molecule has 1 aliphatic heterocycles. The molecular weight excluding hydrogens is 497 g/mol. The molecule has 0 bridgehead atoms. The largest absolute Gasteiger partial charge is 0.468 e. The van der Waals surface area contributed by atoms with Crippen LogP contribution in [-0.2, 0) is 33.3 Å². The molecule has 4 rings (SSSR count). The molecule has 190 valence electrons. The molecule has 0 saturated heterocycles. The Hall–Kier alpha value is -3.56. The lowest BCUT2D eigenvalue weighted by atomic mass is 9.90. The molecule has 1 amide bonds. The van der Waals surface area contributed by atoms with Crippen molar-refractivity contribution in [2.75, 3.05) is 12.4 Å². The Morgan fingerprint density at radius 2 is 1.72 bits per heavy atom. The quantitative estimate of drug-likeness (QED) is 0.416. The number of halogens is 4. The number of amides is 1. The van der Waals surface area contributed by atoms with E-state index in [1.807, 2.05) is 0 Å². The number of hydrogen-bond donors (Lipinski definition) is 2. The van der Waals surface area contributed by atoms with Gasteiger partial charge < -0.3 is 20.5 Å². The number of nitrogens with two attached hydrogens (primary N) is 1. The van der Waals surface area contributed by atoms with E-state index in [-0.39, 0.29) is 42.5 Å². The average molecular weight is 521 g/mol. The van der Waals surface area contributed by atoms with Gasteiger partial charge in [-0.2, -0.15) is 13.2 Å². The van der Waals surface area contributed by atoms with Crippen LogP contribution in [0.5, 0.6) is 11.5 Å². The van der Waals surface area contributed by atoms with E-state index >= 15 is 0 Å². The molecule has 0 aromatic heterocycles. The molecule has 0 radical (unpaired) electrons. The second-order valence-electron chi connectivity index (χ2n) is 8.23. The minimum atomic E-state index is -4.63. The summed E-state index contributed by atoms with van der Waals surface area (Å²) in [5.74, 6) is -1.24. The van der Waals surface area contributed by atoms with Crippen LogP contribution in [0.25, 0.3) is 0 Å². The number of anilines is 1. The van der Waals surface area contributed by atoms with E-state index < -0.39 is 29.7 Å². The van der Waals surface area contributed by atoms with Crippen molar-refractivity contribution in [2.24, 2.45) is 5.73 Å². The second kappa shape index (κ2) is 11.0. The number of fused-ring (bicyclic) bond motifs is 1. The van der Waals surface area contributed by atoms with E-state index in [0.717, 1.165) is 11.6 Å². The minimum Gasteiger partial charge on any atom is -0.468 e. The van der Waals surface area contributed by atoms with Crippen LogP contribution < -0.4 is 15.8 Å². The van der Waals surface area contributed by atoms with Gasteiger partial charge in [0.2, 0.25) is 5.91 Å². The second-order valence-corrected chi connectivity index (χ2v) is 8.23. The number of para-hydroxylation sites is 1. The number of benzene rings is 3. The predicted octanol–water partition coefficient (Wildman–Crippen LogP) is 5.24. The highest BCUT2D eigenvalue weighted by molar-refractivity contribution is 6.03. The minimum absolute atomic E-state index is 0. The van der Waals surface area contributed by atoms with Crippen molar-refractivity contribution in [1.29, 1.82) is 0 Å². The van der Waals surface area contributed by atoms with Gasteiger partial charge in [-0.05, 0) is 59.9 Å². The number of esters is 1. The fraction of sp³-hybridized carbons (Fsp3) is 0.231. The highest BCUT2D eigenvalue weighted by Gasteiger charge is 2.37.